The highest BCUT2D eigenvalue weighted by molar-refractivity contribution is 6.30. The van der Waals surface area contributed by atoms with Gasteiger partial charge >= 0.3 is 6.03 Å². The normalized spacial score (nSPS) is 10.6. The Kier molecular flexibility index (Phi) is 3.48. The summed E-state index contributed by atoms with van der Waals surface area (Å²) >= 11 is 5.78. The molecular weight excluding hydrogens is 308 g/mol. The lowest BCUT2D eigenvalue weighted by Crippen LogP contribution is -2.20. The molecule has 1 N–H and O–H groups in total. The molecule has 8 heteroatoms. The second-order valence-electron chi connectivity index (χ2n) is 4.49. The van der Waals surface area contributed by atoms with Gasteiger partial charge in [0, 0.05) is 28.2 Å². The van der Waals surface area contributed by atoms with E-state index in [2.05, 4.69) is 10.4 Å². The summed E-state index contributed by atoms with van der Waals surface area (Å²) in [5, 5.41) is 18.5. The number of nitrogens with zero attached hydrogens (tertiary/aromatic N) is 3. The topological polar surface area (TPSA) is 90.1 Å². The van der Waals surface area contributed by atoms with E-state index in [4.69, 9.17) is 11.6 Å². The smallest absolute Gasteiger partial charge is 0.306 e. The van der Waals surface area contributed by atoms with Crippen LogP contribution < -0.4 is 5.32 Å². The first-order valence-corrected chi connectivity index (χ1v) is 6.61. The Hall–Kier alpha value is -2.93. The van der Waals surface area contributed by atoms with Crippen molar-refractivity contribution in [2.75, 3.05) is 5.32 Å². The Morgan fingerprint density at radius 3 is 2.64 bits per heavy atom. The van der Waals surface area contributed by atoms with Gasteiger partial charge < -0.3 is 5.32 Å². The maximum absolute atomic E-state index is 12.2. The summed E-state index contributed by atoms with van der Waals surface area (Å²) < 4.78 is 1.15. The molecule has 0 aliphatic heterocycles. The van der Waals surface area contributed by atoms with E-state index >= 15 is 0 Å². The minimum absolute atomic E-state index is 0.0508. The van der Waals surface area contributed by atoms with Crippen LogP contribution in [0.4, 0.5) is 16.2 Å². The summed E-state index contributed by atoms with van der Waals surface area (Å²) in [7, 11) is 0. The first-order valence-electron chi connectivity index (χ1n) is 6.24. The van der Waals surface area contributed by atoms with E-state index in [1.807, 2.05) is 0 Å². The third-order valence-corrected chi connectivity index (χ3v) is 3.30. The van der Waals surface area contributed by atoms with Crippen molar-refractivity contribution in [2.45, 2.75) is 0 Å². The molecule has 110 valence electrons. The molecule has 0 atom stereocenters. The Morgan fingerprint density at radius 1 is 1.23 bits per heavy atom. The molecule has 0 saturated carbocycles. The fourth-order valence-corrected chi connectivity index (χ4v) is 2.13. The van der Waals surface area contributed by atoms with Gasteiger partial charge in [0.1, 0.15) is 0 Å². The van der Waals surface area contributed by atoms with E-state index in [0.717, 1.165) is 4.68 Å². The summed E-state index contributed by atoms with van der Waals surface area (Å²) in [5.74, 6) is 0. The Morgan fingerprint density at radius 2 is 1.95 bits per heavy atom. The average Bonchev–Trinajstić information content (AvgIpc) is 2.92. The number of nitro groups is 1. The summed E-state index contributed by atoms with van der Waals surface area (Å²) in [6, 6.07) is 10.4. The van der Waals surface area contributed by atoms with Crippen molar-refractivity contribution in [3.8, 4) is 0 Å². The van der Waals surface area contributed by atoms with Gasteiger partial charge in [-0.05, 0) is 30.3 Å². The van der Waals surface area contributed by atoms with Crippen LogP contribution in [0, 0.1) is 10.1 Å². The van der Waals surface area contributed by atoms with Gasteiger partial charge in [0.05, 0.1) is 16.6 Å². The second kappa shape index (κ2) is 5.45. The molecular formula is C14H9ClN4O3. The Balaban J connectivity index is 1.91. The summed E-state index contributed by atoms with van der Waals surface area (Å²) in [6.45, 7) is 0. The van der Waals surface area contributed by atoms with E-state index < -0.39 is 11.0 Å². The lowest BCUT2D eigenvalue weighted by molar-refractivity contribution is -0.384. The summed E-state index contributed by atoms with van der Waals surface area (Å²) in [5.41, 5.74) is 1.00. The largest absolute Gasteiger partial charge is 0.347 e. The lowest BCUT2D eigenvalue weighted by Gasteiger charge is -2.05. The van der Waals surface area contributed by atoms with Gasteiger partial charge in [-0.2, -0.15) is 9.78 Å². The third-order valence-electron chi connectivity index (χ3n) is 3.05. The van der Waals surface area contributed by atoms with Gasteiger partial charge in [-0.1, -0.05) is 11.6 Å². The maximum Gasteiger partial charge on any atom is 0.347 e. The van der Waals surface area contributed by atoms with Crippen LogP contribution in [0.25, 0.3) is 10.9 Å². The van der Waals surface area contributed by atoms with Gasteiger partial charge in [-0.15, -0.1) is 0 Å². The molecule has 1 aromatic heterocycles. The number of anilines is 1. The molecule has 0 radical (unpaired) electrons. The monoisotopic (exact) mass is 316 g/mol. The van der Waals surface area contributed by atoms with Crippen molar-refractivity contribution in [3.05, 3.63) is 63.8 Å². The minimum atomic E-state index is -0.495. The number of halogens is 1. The zero-order chi connectivity index (χ0) is 15.7. The highest BCUT2D eigenvalue weighted by Crippen LogP contribution is 2.21. The second-order valence-corrected chi connectivity index (χ2v) is 4.93. The molecule has 3 rings (SSSR count). The predicted molar refractivity (Wildman–Crippen MR) is 82.3 cm³/mol. The van der Waals surface area contributed by atoms with Crippen LogP contribution in [-0.4, -0.2) is 20.7 Å². The maximum atomic E-state index is 12.2. The first-order chi connectivity index (χ1) is 10.5. The van der Waals surface area contributed by atoms with Gasteiger partial charge in [-0.3, -0.25) is 10.1 Å². The molecule has 7 nitrogen and oxygen atoms in total. The number of benzene rings is 2. The first kappa shape index (κ1) is 14.0. The predicted octanol–water partition coefficient (Wildman–Crippen LogP) is 3.68. The van der Waals surface area contributed by atoms with Crippen molar-refractivity contribution in [2.24, 2.45) is 0 Å². The van der Waals surface area contributed by atoms with Crippen LogP contribution in [0.5, 0.6) is 0 Å². The van der Waals surface area contributed by atoms with Crippen molar-refractivity contribution in [1.29, 1.82) is 0 Å². The Bertz CT molecular complexity index is 873. The molecule has 0 unspecified atom stereocenters. The molecule has 0 bridgehead atoms. The van der Waals surface area contributed by atoms with Crippen LogP contribution >= 0.6 is 11.6 Å². The fourth-order valence-electron chi connectivity index (χ4n) is 2.01. The van der Waals surface area contributed by atoms with E-state index in [1.165, 1.54) is 24.4 Å². The molecule has 0 fully saturated rings. The SMILES string of the molecule is O=C(Nc1ccc(Cl)cc1)n1ncc2cc([N+](=O)[O-])ccc21. The van der Waals surface area contributed by atoms with Crippen molar-refractivity contribution >= 4 is 39.9 Å². The molecule has 2 aromatic carbocycles. The molecule has 1 amide bonds. The zero-order valence-corrected chi connectivity index (χ0v) is 11.8. The van der Waals surface area contributed by atoms with Crippen LogP contribution in [0.15, 0.2) is 48.7 Å². The van der Waals surface area contributed by atoms with Crippen LogP contribution in [0.1, 0.15) is 0 Å². The van der Waals surface area contributed by atoms with E-state index in [1.54, 1.807) is 24.3 Å². The summed E-state index contributed by atoms with van der Waals surface area (Å²) in [4.78, 5) is 22.5. The molecule has 0 saturated heterocycles. The number of aromatic nitrogens is 2. The van der Waals surface area contributed by atoms with Gasteiger partial charge in [-0.25, -0.2) is 4.79 Å². The van der Waals surface area contributed by atoms with E-state index in [9.17, 15) is 14.9 Å². The zero-order valence-electron chi connectivity index (χ0n) is 11.1. The van der Waals surface area contributed by atoms with Crippen molar-refractivity contribution in [3.63, 3.8) is 0 Å². The van der Waals surface area contributed by atoms with Crippen molar-refractivity contribution in [1.82, 2.24) is 9.78 Å². The average molecular weight is 317 g/mol. The van der Waals surface area contributed by atoms with E-state index in [-0.39, 0.29) is 5.69 Å². The quantitative estimate of drug-likeness (QED) is 0.576. The minimum Gasteiger partial charge on any atom is -0.306 e. The number of non-ortho nitro benzene ring substituents is 1. The molecule has 0 aliphatic carbocycles. The number of hydrogen-bond acceptors (Lipinski definition) is 4. The summed E-state index contributed by atoms with van der Waals surface area (Å²) in [6.07, 6.45) is 1.41. The van der Waals surface area contributed by atoms with Crippen LogP contribution in [0.3, 0.4) is 0 Å². The van der Waals surface area contributed by atoms with Gasteiger partial charge in [0.2, 0.25) is 0 Å². The lowest BCUT2D eigenvalue weighted by atomic mass is 10.2. The molecule has 1 heterocycles. The van der Waals surface area contributed by atoms with Crippen molar-refractivity contribution < 1.29 is 9.72 Å². The van der Waals surface area contributed by atoms with Gasteiger partial charge in [0.25, 0.3) is 5.69 Å². The highest BCUT2D eigenvalue weighted by Gasteiger charge is 2.14. The van der Waals surface area contributed by atoms with Gasteiger partial charge in [0.15, 0.2) is 0 Å². The molecule has 0 spiro atoms. The number of carbonyl (C=O) groups excluding carboxylic acids is 1. The number of carbonyl (C=O) groups is 1. The fraction of sp³-hybridized carbons (Fsp3) is 0. The number of fused-ring (bicyclic) bond motifs is 1. The Labute approximate surface area is 129 Å². The van der Waals surface area contributed by atoms with Crippen LogP contribution in [-0.2, 0) is 0 Å². The van der Waals surface area contributed by atoms with E-state index in [0.29, 0.717) is 21.6 Å². The number of nitrogens with one attached hydrogen (secondary N) is 1. The standard InChI is InChI=1S/C14H9ClN4O3/c15-10-1-3-11(4-2-10)17-14(20)18-13-6-5-12(19(21)22)7-9(13)8-16-18/h1-8H,(H,17,20). The molecule has 0 aliphatic rings. The number of nitro benzene ring substituents is 1. The molecule has 22 heavy (non-hydrogen) atoms. The third kappa shape index (κ3) is 2.61. The van der Waals surface area contributed by atoms with Crippen LogP contribution in [0.2, 0.25) is 5.02 Å². The number of hydrogen-bond donors (Lipinski definition) is 1. The highest BCUT2D eigenvalue weighted by atomic mass is 35.5. The number of amides is 1. The number of rotatable bonds is 2. The molecule has 3 aromatic rings.